The molecule has 0 amide bonds. The monoisotopic (exact) mass is 328 g/mol. The summed E-state index contributed by atoms with van der Waals surface area (Å²) >= 11 is 1.47. The molecule has 0 fully saturated rings. The van der Waals surface area contributed by atoms with Crippen LogP contribution in [0.1, 0.15) is 9.88 Å². The van der Waals surface area contributed by atoms with Crippen LogP contribution >= 0.6 is 11.3 Å². The number of hydrogen-bond donors (Lipinski definition) is 2. The molecule has 0 spiro atoms. The maximum absolute atomic E-state index is 11.2. The molecule has 21 heavy (non-hydrogen) atoms. The highest BCUT2D eigenvalue weighted by atomic mass is 32.2. The summed E-state index contributed by atoms with van der Waals surface area (Å²) in [5.41, 5.74) is -0.124. The summed E-state index contributed by atoms with van der Waals surface area (Å²) in [6, 6.07) is 3.49. The third-order valence-corrected chi connectivity index (χ3v) is 4.44. The van der Waals surface area contributed by atoms with Gasteiger partial charge in [-0.2, -0.15) is 0 Å². The number of sulfonamides is 1. The smallest absolute Gasteiger partial charge is 0.293 e. The Balaban J connectivity index is 2.28. The number of benzene rings is 1. The second kappa shape index (κ2) is 5.76. The molecule has 2 aromatic rings. The zero-order valence-corrected chi connectivity index (χ0v) is 12.6. The van der Waals surface area contributed by atoms with Gasteiger partial charge in [0.25, 0.3) is 5.69 Å². The minimum Gasteiger partial charge on any atom is -0.375 e. The molecule has 1 aromatic heterocycles. The van der Waals surface area contributed by atoms with Gasteiger partial charge in [-0.1, -0.05) is 0 Å². The largest absolute Gasteiger partial charge is 0.375 e. The minimum absolute atomic E-state index is 0.221. The Kier molecular flexibility index (Phi) is 4.21. The fraction of sp³-hybridized carbons (Fsp3) is 0.182. The topological polar surface area (TPSA) is 128 Å². The average Bonchev–Trinajstić information content (AvgIpc) is 2.80. The van der Waals surface area contributed by atoms with Crippen LogP contribution in [0.5, 0.6) is 0 Å². The van der Waals surface area contributed by atoms with Crippen molar-refractivity contribution in [1.29, 1.82) is 0 Å². The van der Waals surface area contributed by atoms with Crippen molar-refractivity contribution in [3.8, 4) is 0 Å². The molecular weight excluding hydrogens is 316 g/mol. The molecule has 0 saturated carbocycles. The first-order valence-electron chi connectivity index (χ1n) is 5.74. The van der Waals surface area contributed by atoms with E-state index >= 15 is 0 Å². The number of aromatic nitrogens is 1. The number of nitrogens with two attached hydrogens (primary N) is 1. The summed E-state index contributed by atoms with van der Waals surface area (Å²) < 4.78 is 22.5. The summed E-state index contributed by atoms with van der Waals surface area (Å²) in [6.45, 7) is 2.22. The van der Waals surface area contributed by atoms with Crippen molar-refractivity contribution in [3.05, 3.63) is 44.4 Å². The van der Waals surface area contributed by atoms with E-state index in [1.807, 2.05) is 6.92 Å². The highest BCUT2D eigenvalue weighted by Crippen LogP contribution is 2.28. The molecule has 0 unspecified atom stereocenters. The van der Waals surface area contributed by atoms with Crippen molar-refractivity contribution in [2.24, 2.45) is 5.14 Å². The van der Waals surface area contributed by atoms with Crippen molar-refractivity contribution in [1.82, 2.24) is 4.98 Å². The van der Waals surface area contributed by atoms with E-state index in [4.69, 9.17) is 5.14 Å². The molecule has 1 heterocycles. The lowest BCUT2D eigenvalue weighted by Gasteiger charge is -2.07. The van der Waals surface area contributed by atoms with Gasteiger partial charge in [0.1, 0.15) is 5.69 Å². The van der Waals surface area contributed by atoms with Gasteiger partial charge in [-0.05, 0) is 19.1 Å². The SMILES string of the molecule is Cc1ncc(CNc2ccc(S(N)(=O)=O)cc2[N+](=O)[O-])s1. The molecular formula is C11H12N4O4S2. The molecule has 1 aromatic carbocycles. The summed E-state index contributed by atoms with van der Waals surface area (Å²) in [7, 11) is -3.98. The van der Waals surface area contributed by atoms with Gasteiger partial charge in [0, 0.05) is 17.1 Å². The first kappa shape index (κ1) is 15.4. The van der Waals surface area contributed by atoms with E-state index in [9.17, 15) is 18.5 Å². The second-order valence-electron chi connectivity index (χ2n) is 4.18. The second-order valence-corrected chi connectivity index (χ2v) is 7.06. The maximum Gasteiger partial charge on any atom is 0.293 e. The number of nitrogens with zero attached hydrogens (tertiary/aromatic N) is 2. The number of rotatable bonds is 5. The van der Waals surface area contributed by atoms with E-state index in [0.29, 0.717) is 6.54 Å². The van der Waals surface area contributed by atoms with Gasteiger partial charge in [-0.25, -0.2) is 18.5 Å². The molecule has 3 N–H and O–H groups in total. The van der Waals surface area contributed by atoms with Crippen LogP contribution in [0.4, 0.5) is 11.4 Å². The zero-order valence-electron chi connectivity index (χ0n) is 10.9. The molecule has 0 atom stereocenters. The lowest BCUT2D eigenvalue weighted by atomic mass is 10.2. The van der Waals surface area contributed by atoms with E-state index in [1.54, 1.807) is 6.20 Å². The highest BCUT2D eigenvalue weighted by Gasteiger charge is 2.19. The number of thiazole rings is 1. The number of hydrogen-bond acceptors (Lipinski definition) is 7. The lowest BCUT2D eigenvalue weighted by Crippen LogP contribution is -2.13. The predicted octanol–water partition coefficient (Wildman–Crippen LogP) is 1.62. The van der Waals surface area contributed by atoms with Gasteiger partial charge in [0.05, 0.1) is 21.4 Å². The van der Waals surface area contributed by atoms with Crippen molar-refractivity contribution in [3.63, 3.8) is 0 Å². The standard InChI is InChI=1S/C11H12N4O4S2/c1-7-13-5-8(20-7)6-14-10-3-2-9(21(12,18)19)4-11(10)15(16)17/h2-5,14H,6H2,1H3,(H2,12,18,19). The van der Waals surface area contributed by atoms with Crippen LogP contribution < -0.4 is 10.5 Å². The molecule has 0 radical (unpaired) electrons. The van der Waals surface area contributed by atoms with Gasteiger partial charge < -0.3 is 5.32 Å². The van der Waals surface area contributed by atoms with Gasteiger partial charge in [0.2, 0.25) is 10.0 Å². The molecule has 8 nitrogen and oxygen atoms in total. The van der Waals surface area contributed by atoms with E-state index in [2.05, 4.69) is 10.3 Å². The van der Waals surface area contributed by atoms with Crippen molar-refractivity contribution in [2.45, 2.75) is 18.4 Å². The number of nitro benzene ring substituents is 1. The molecule has 10 heteroatoms. The third kappa shape index (κ3) is 3.74. The van der Waals surface area contributed by atoms with Gasteiger partial charge in [-0.15, -0.1) is 11.3 Å². The Bertz CT molecular complexity index is 785. The Labute approximate surface area is 124 Å². The van der Waals surface area contributed by atoms with Crippen molar-refractivity contribution in [2.75, 3.05) is 5.32 Å². The van der Waals surface area contributed by atoms with Crippen LogP contribution in [0.15, 0.2) is 29.3 Å². The molecule has 0 bridgehead atoms. The summed E-state index contributed by atoms with van der Waals surface area (Å²) in [5, 5.41) is 19.8. The van der Waals surface area contributed by atoms with Crippen molar-refractivity contribution >= 4 is 32.7 Å². The number of nitrogens with one attached hydrogen (secondary N) is 1. The lowest BCUT2D eigenvalue weighted by molar-refractivity contribution is -0.384. The average molecular weight is 328 g/mol. The highest BCUT2D eigenvalue weighted by molar-refractivity contribution is 7.89. The zero-order chi connectivity index (χ0) is 15.6. The molecule has 0 saturated heterocycles. The number of anilines is 1. The predicted molar refractivity (Wildman–Crippen MR) is 78.6 cm³/mol. The van der Waals surface area contributed by atoms with Crippen LogP contribution in [-0.2, 0) is 16.6 Å². The Morgan fingerprint density at radius 3 is 2.71 bits per heavy atom. The van der Waals surface area contributed by atoms with Crippen LogP contribution in [0, 0.1) is 17.0 Å². The fourth-order valence-electron chi connectivity index (χ4n) is 1.66. The van der Waals surface area contributed by atoms with Gasteiger partial charge >= 0.3 is 0 Å². The fourth-order valence-corrected chi connectivity index (χ4v) is 2.93. The van der Waals surface area contributed by atoms with Crippen LogP contribution in [0.2, 0.25) is 0 Å². The van der Waals surface area contributed by atoms with Crippen LogP contribution in [-0.4, -0.2) is 18.3 Å². The Hall–Kier alpha value is -2.04. The van der Waals surface area contributed by atoms with Crippen LogP contribution in [0.25, 0.3) is 0 Å². The van der Waals surface area contributed by atoms with Crippen LogP contribution in [0.3, 0.4) is 0 Å². The molecule has 0 aliphatic carbocycles. The summed E-state index contributed by atoms with van der Waals surface area (Å²) in [4.78, 5) is 15.1. The third-order valence-electron chi connectivity index (χ3n) is 2.62. The minimum atomic E-state index is -3.98. The molecule has 2 rings (SSSR count). The van der Waals surface area contributed by atoms with Crippen molar-refractivity contribution < 1.29 is 13.3 Å². The van der Waals surface area contributed by atoms with E-state index in [1.165, 1.54) is 23.5 Å². The van der Waals surface area contributed by atoms with Gasteiger partial charge in [-0.3, -0.25) is 10.1 Å². The quantitative estimate of drug-likeness (QED) is 0.634. The first-order chi connectivity index (χ1) is 9.77. The van der Waals surface area contributed by atoms with Gasteiger partial charge in [0.15, 0.2) is 0 Å². The summed E-state index contributed by atoms with van der Waals surface area (Å²) in [6.07, 6.45) is 1.68. The Morgan fingerprint density at radius 2 is 2.19 bits per heavy atom. The number of nitro groups is 1. The molecule has 0 aliphatic heterocycles. The molecule has 0 aliphatic rings. The van der Waals surface area contributed by atoms with E-state index < -0.39 is 14.9 Å². The number of primary sulfonamides is 1. The summed E-state index contributed by atoms with van der Waals surface area (Å²) in [5.74, 6) is 0. The van der Waals surface area contributed by atoms with E-state index in [0.717, 1.165) is 16.0 Å². The number of aryl methyl sites for hydroxylation is 1. The maximum atomic E-state index is 11.2. The molecule has 112 valence electrons. The van der Waals surface area contributed by atoms with E-state index in [-0.39, 0.29) is 16.3 Å². The Morgan fingerprint density at radius 1 is 1.48 bits per heavy atom. The first-order valence-corrected chi connectivity index (χ1v) is 8.10. The normalized spacial score (nSPS) is 11.3.